The van der Waals surface area contributed by atoms with E-state index in [1.54, 1.807) is 0 Å². The van der Waals surface area contributed by atoms with Crippen molar-refractivity contribution in [1.82, 2.24) is 5.32 Å². The molecule has 5 heteroatoms. The lowest BCUT2D eigenvalue weighted by atomic mass is 9.96. The van der Waals surface area contributed by atoms with Gasteiger partial charge in [0.15, 0.2) is 17.5 Å². The van der Waals surface area contributed by atoms with E-state index in [0.717, 1.165) is 21.7 Å². The summed E-state index contributed by atoms with van der Waals surface area (Å²) in [5, 5.41) is 3.11. The molecule has 1 nitrogen and oxygen atoms in total. The van der Waals surface area contributed by atoms with Crippen LogP contribution in [0.1, 0.15) is 29.7 Å². The average molecular weight is 358 g/mol. The Morgan fingerprint density at radius 3 is 2.43 bits per heavy atom. The Morgan fingerprint density at radius 1 is 1.05 bits per heavy atom. The van der Waals surface area contributed by atoms with E-state index < -0.39 is 23.5 Å². The second-order valence-corrected chi connectivity index (χ2v) is 5.53. The highest BCUT2D eigenvalue weighted by atomic mass is 79.9. The minimum Gasteiger partial charge on any atom is -0.306 e. The third-order valence-corrected chi connectivity index (χ3v) is 4.40. The first-order valence-electron chi connectivity index (χ1n) is 6.59. The number of hydrogen-bond donors (Lipinski definition) is 1. The maximum absolute atomic E-state index is 14.1. The van der Waals surface area contributed by atoms with Crippen molar-refractivity contribution in [2.24, 2.45) is 0 Å². The topological polar surface area (TPSA) is 12.0 Å². The van der Waals surface area contributed by atoms with Gasteiger partial charge in [-0.1, -0.05) is 47.1 Å². The summed E-state index contributed by atoms with van der Waals surface area (Å²) in [5.74, 6) is -3.79. The lowest BCUT2D eigenvalue weighted by Crippen LogP contribution is -2.24. The van der Waals surface area contributed by atoms with Crippen LogP contribution in [-0.4, -0.2) is 6.54 Å². The van der Waals surface area contributed by atoms with E-state index in [2.05, 4.69) is 21.2 Å². The van der Waals surface area contributed by atoms with Gasteiger partial charge in [-0.15, -0.1) is 0 Å². The molecule has 21 heavy (non-hydrogen) atoms. The van der Waals surface area contributed by atoms with Crippen molar-refractivity contribution >= 4 is 15.9 Å². The van der Waals surface area contributed by atoms with Gasteiger partial charge >= 0.3 is 0 Å². The van der Waals surface area contributed by atoms with Crippen molar-refractivity contribution in [3.63, 3.8) is 0 Å². The third-order valence-electron chi connectivity index (χ3n) is 3.32. The first-order chi connectivity index (χ1) is 9.97. The van der Waals surface area contributed by atoms with Crippen LogP contribution in [0.25, 0.3) is 0 Å². The fourth-order valence-corrected chi connectivity index (χ4v) is 2.74. The van der Waals surface area contributed by atoms with Gasteiger partial charge in [-0.05, 0) is 30.7 Å². The van der Waals surface area contributed by atoms with Crippen molar-refractivity contribution < 1.29 is 13.2 Å². The summed E-state index contributed by atoms with van der Waals surface area (Å²) in [6, 6.07) is 7.25. The molecule has 0 bridgehead atoms. The molecule has 0 fully saturated rings. The van der Waals surface area contributed by atoms with E-state index in [4.69, 9.17) is 0 Å². The third kappa shape index (κ3) is 3.14. The van der Waals surface area contributed by atoms with Crippen molar-refractivity contribution in [3.05, 3.63) is 68.9 Å². The van der Waals surface area contributed by atoms with Crippen molar-refractivity contribution in [3.8, 4) is 0 Å². The molecule has 2 aromatic rings. The van der Waals surface area contributed by atoms with Crippen LogP contribution < -0.4 is 5.32 Å². The van der Waals surface area contributed by atoms with Gasteiger partial charge in [0.05, 0.1) is 6.04 Å². The number of halogens is 4. The summed E-state index contributed by atoms with van der Waals surface area (Å²) >= 11 is 3.48. The molecule has 2 rings (SSSR count). The van der Waals surface area contributed by atoms with E-state index in [1.165, 1.54) is 6.07 Å². The predicted molar refractivity (Wildman–Crippen MR) is 80.7 cm³/mol. The number of aryl methyl sites for hydroxylation is 1. The molecule has 0 aliphatic heterocycles. The summed E-state index contributed by atoms with van der Waals surface area (Å²) in [4.78, 5) is 0. The van der Waals surface area contributed by atoms with Crippen LogP contribution in [0.3, 0.4) is 0 Å². The second kappa shape index (κ2) is 6.62. The molecule has 0 spiro atoms. The molecule has 0 saturated heterocycles. The Bertz CT molecular complexity index is 658. The lowest BCUT2D eigenvalue weighted by Gasteiger charge is -2.22. The fourth-order valence-electron chi connectivity index (χ4n) is 2.25. The Balaban J connectivity index is 2.59. The molecule has 2 aromatic carbocycles. The quantitative estimate of drug-likeness (QED) is 0.769. The molecule has 0 heterocycles. The predicted octanol–water partition coefficient (Wildman–Crippen LogP) is 4.87. The summed E-state index contributed by atoms with van der Waals surface area (Å²) in [6.45, 7) is 4.34. The Hall–Kier alpha value is -1.33. The molecule has 0 saturated carbocycles. The smallest absolute Gasteiger partial charge is 0.194 e. The maximum Gasteiger partial charge on any atom is 0.194 e. The molecule has 1 unspecified atom stereocenters. The van der Waals surface area contributed by atoms with Crippen LogP contribution in [0.15, 0.2) is 34.8 Å². The molecule has 0 aliphatic rings. The summed E-state index contributed by atoms with van der Waals surface area (Å²) in [5.41, 5.74) is 1.85. The van der Waals surface area contributed by atoms with Gasteiger partial charge in [-0.3, -0.25) is 0 Å². The van der Waals surface area contributed by atoms with Gasteiger partial charge in [-0.25, -0.2) is 13.2 Å². The van der Waals surface area contributed by atoms with Crippen LogP contribution in [0.4, 0.5) is 13.2 Å². The SMILES string of the molecule is CCNC(c1ccc(F)c(F)c1F)c1cccc(C)c1Br. The molecular formula is C16H15BrF3N. The van der Waals surface area contributed by atoms with Crippen LogP contribution in [0.2, 0.25) is 0 Å². The molecular weight excluding hydrogens is 343 g/mol. The van der Waals surface area contributed by atoms with Crippen LogP contribution >= 0.6 is 15.9 Å². The maximum atomic E-state index is 14.1. The molecule has 0 aliphatic carbocycles. The van der Waals surface area contributed by atoms with Crippen LogP contribution in [0, 0.1) is 24.4 Å². The zero-order valence-electron chi connectivity index (χ0n) is 11.7. The molecule has 0 amide bonds. The Morgan fingerprint density at radius 2 is 1.76 bits per heavy atom. The number of benzene rings is 2. The van der Waals surface area contributed by atoms with Gasteiger partial charge in [-0.2, -0.15) is 0 Å². The largest absolute Gasteiger partial charge is 0.306 e. The molecule has 1 atom stereocenters. The fraction of sp³-hybridized carbons (Fsp3) is 0.250. The standard InChI is InChI=1S/C16H15BrF3N/c1-3-21-16(10-6-4-5-9(2)13(10)17)11-7-8-12(18)15(20)14(11)19/h4-8,16,21H,3H2,1-2H3. The van der Waals surface area contributed by atoms with Gasteiger partial charge in [0.25, 0.3) is 0 Å². The van der Waals surface area contributed by atoms with Gasteiger partial charge in [0, 0.05) is 10.0 Å². The normalized spacial score (nSPS) is 12.5. The van der Waals surface area contributed by atoms with E-state index in [9.17, 15) is 13.2 Å². The zero-order valence-corrected chi connectivity index (χ0v) is 13.3. The lowest BCUT2D eigenvalue weighted by molar-refractivity contribution is 0.433. The molecule has 0 radical (unpaired) electrons. The van der Waals surface area contributed by atoms with Crippen LogP contribution in [-0.2, 0) is 0 Å². The minimum absolute atomic E-state index is 0.0852. The first-order valence-corrected chi connectivity index (χ1v) is 7.38. The molecule has 1 N–H and O–H groups in total. The summed E-state index contributed by atoms with van der Waals surface area (Å²) in [7, 11) is 0. The first kappa shape index (κ1) is 16.0. The highest BCUT2D eigenvalue weighted by Crippen LogP contribution is 2.33. The van der Waals surface area contributed by atoms with E-state index >= 15 is 0 Å². The number of hydrogen-bond acceptors (Lipinski definition) is 1. The number of nitrogens with one attached hydrogen (secondary N) is 1. The van der Waals surface area contributed by atoms with E-state index in [0.29, 0.717) is 6.54 Å². The van der Waals surface area contributed by atoms with Gasteiger partial charge in [0.1, 0.15) is 0 Å². The van der Waals surface area contributed by atoms with Gasteiger partial charge < -0.3 is 5.32 Å². The summed E-state index contributed by atoms with van der Waals surface area (Å²) < 4.78 is 41.5. The Kier molecular flexibility index (Phi) is 5.06. The second-order valence-electron chi connectivity index (χ2n) is 4.73. The van der Waals surface area contributed by atoms with Crippen molar-refractivity contribution in [1.29, 1.82) is 0 Å². The van der Waals surface area contributed by atoms with Gasteiger partial charge in [0.2, 0.25) is 0 Å². The zero-order chi connectivity index (χ0) is 15.6. The molecule has 0 aromatic heterocycles. The Labute approximate surface area is 130 Å². The van der Waals surface area contributed by atoms with E-state index in [-0.39, 0.29) is 5.56 Å². The van der Waals surface area contributed by atoms with Crippen molar-refractivity contribution in [2.75, 3.05) is 6.54 Å². The van der Waals surface area contributed by atoms with Crippen LogP contribution in [0.5, 0.6) is 0 Å². The monoisotopic (exact) mass is 357 g/mol. The highest BCUT2D eigenvalue weighted by molar-refractivity contribution is 9.10. The van der Waals surface area contributed by atoms with Crippen molar-refractivity contribution in [2.45, 2.75) is 19.9 Å². The van der Waals surface area contributed by atoms with E-state index in [1.807, 2.05) is 32.0 Å². The highest BCUT2D eigenvalue weighted by Gasteiger charge is 2.23. The number of rotatable bonds is 4. The summed E-state index contributed by atoms with van der Waals surface area (Å²) in [6.07, 6.45) is 0. The molecule has 112 valence electrons. The minimum atomic E-state index is -1.45. The average Bonchev–Trinajstić information content (AvgIpc) is 2.46.